The minimum Gasteiger partial charge on any atom is -0.455 e. The van der Waals surface area contributed by atoms with Gasteiger partial charge in [-0.3, -0.25) is 0 Å². The van der Waals surface area contributed by atoms with Gasteiger partial charge < -0.3 is 4.42 Å². The van der Waals surface area contributed by atoms with Crippen molar-refractivity contribution in [2.24, 2.45) is 7.05 Å². The topological polar surface area (TPSA) is 17.0 Å². The number of furan rings is 1. The summed E-state index contributed by atoms with van der Waals surface area (Å²) in [5.41, 5.74) is 10.5. The Morgan fingerprint density at radius 3 is 2.31 bits per heavy atom. The molecule has 0 spiro atoms. The van der Waals surface area contributed by atoms with E-state index in [9.17, 15) is 0 Å². The molecule has 0 aliphatic heterocycles. The second kappa shape index (κ2) is 6.59. The molecule has 0 saturated carbocycles. The van der Waals surface area contributed by atoms with Crippen LogP contribution in [-0.4, -0.2) is 0 Å². The lowest BCUT2D eigenvalue weighted by molar-refractivity contribution is -0.660. The third-order valence-electron chi connectivity index (χ3n) is 5.92. The van der Waals surface area contributed by atoms with E-state index in [1.165, 1.54) is 44.3 Å². The van der Waals surface area contributed by atoms with Crippen molar-refractivity contribution in [3.05, 3.63) is 89.6 Å². The zero-order valence-corrected chi connectivity index (χ0v) is 17.3. The molecule has 0 N–H and O–H groups in total. The highest BCUT2D eigenvalue weighted by Gasteiger charge is 2.20. The lowest BCUT2D eigenvalue weighted by Gasteiger charge is -2.08. The van der Waals surface area contributed by atoms with Crippen molar-refractivity contribution in [3.63, 3.8) is 0 Å². The number of fused-ring (bicyclic) bond motifs is 3. The maximum atomic E-state index is 6.44. The molecule has 2 nitrogen and oxygen atoms in total. The van der Waals surface area contributed by atoms with Gasteiger partial charge in [0.1, 0.15) is 18.2 Å². The molecule has 3 aromatic carbocycles. The lowest BCUT2D eigenvalue weighted by Crippen LogP contribution is -2.30. The summed E-state index contributed by atoms with van der Waals surface area (Å²) in [6.45, 7) is 6.52. The van der Waals surface area contributed by atoms with E-state index in [0.29, 0.717) is 0 Å². The van der Waals surface area contributed by atoms with Gasteiger partial charge in [0.05, 0.1) is 0 Å². The van der Waals surface area contributed by atoms with Crippen LogP contribution < -0.4 is 4.57 Å². The minimum atomic E-state index is 0.947. The number of benzene rings is 3. The maximum absolute atomic E-state index is 6.44. The predicted octanol–water partition coefficient (Wildman–Crippen LogP) is 6.67. The Labute approximate surface area is 171 Å². The fourth-order valence-electron chi connectivity index (χ4n) is 4.36. The van der Waals surface area contributed by atoms with Crippen molar-refractivity contribution in [2.45, 2.75) is 20.8 Å². The van der Waals surface area contributed by atoms with Gasteiger partial charge >= 0.3 is 0 Å². The van der Waals surface area contributed by atoms with Crippen molar-refractivity contribution < 1.29 is 8.98 Å². The molecule has 2 aromatic heterocycles. The average Bonchev–Trinajstić information content (AvgIpc) is 3.12. The minimum absolute atomic E-state index is 0.947. The van der Waals surface area contributed by atoms with E-state index in [1.54, 1.807) is 0 Å². The van der Waals surface area contributed by atoms with Crippen LogP contribution in [0.15, 0.2) is 77.3 Å². The first-order valence-electron chi connectivity index (χ1n) is 10.0. The van der Waals surface area contributed by atoms with Gasteiger partial charge in [0.25, 0.3) is 0 Å². The van der Waals surface area contributed by atoms with E-state index >= 15 is 0 Å². The molecule has 0 aliphatic carbocycles. The Bertz CT molecular complexity index is 1380. The Hall–Kier alpha value is -3.39. The summed E-state index contributed by atoms with van der Waals surface area (Å²) in [6.07, 6.45) is 2.13. The molecule has 2 heteroatoms. The highest BCUT2D eigenvalue weighted by Crippen LogP contribution is 2.41. The van der Waals surface area contributed by atoms with Crippen LogP contribution in [0.4, 0.5) is 0 Å². The van der Waals surface area contributed by atoms with Crippen LogP contribution in [0.25, 0.3) is 44.3 Å². The van der Waals surface area contributed by atoms with Crippen LogP contribution >= 0.6 is 0 Å². The summed E-state index contributed by atoms with van der Waals surface area (Å²) < 4.78 is 8.62. The largest absolute Gasteiger partial charge is 0.455 e. The molecular formula is C27H24NO+. The SMILES string of the molecule is Cc1cc[n+](C)c(-c2ccc3oc4c(-c5ccccc5)ccc(C)c4c3c2C)c1. The van der Waals surface area contributed by atoms with E-state index in [2.05, 4.69) is 99.2 Å². The molecule has 2 heterocycles. The van der Waals surface area contributed by atoms with Crippen molar-refractivity contribution >= 4 is 21.9 Å². The monoisotopic (exact) mass is 378 g/mol. The van der Waals surface area contributed by atoms with Crippen molar-refractivity contribution in [1.82, 2.24) is 0 Å². The molecule has 29 heavy (non-hydrogen) atoms. The first-order chi connectivity index (χ1) is 14.0. The quantitative estimate of drug-likeness (QED) is 0.314. The molecule has 0 fully saturated rings. The number of aryl methyl sites for hydroxylation is 4. The van der Waals surface area contributed by atoms with Gasteiger partial charge in [0, 0.05) is 34.0 Å². The summed E-state index contributed by atoms with van der Waals surface area (Å²) in [4.78, 5) is 0. The van der Waals surface area contributed by atoms with Crippen LogP contribution in [0.3, 0.4) is 0 Å². The van der Waals surface area contributed by atoms with Gasteiger partial charge in [0.15, 0.2) is 6.20 Å². The van der Waals surface area contributed by atoms with Gasteiger partial charge in [-0.25, -0.2) is 4.57 Å². The molecule has 0 amide bonds. The lowest BCUT2D eigenvalue weighted by atomic mass is 9.95. The van der Waals surface area contributed by atoms with Gasteiger partial charge in [0.2, 0.25) is 5.69 Å². The summed E-state index contributed by atoms with van der Waals surface area (Å²) in [5, 5.41) is 2.44. The van der Waals surface area contributed by atoms with Crippen LogP contribution in [0, 0.1) is 20.8 Å². The van der Waals surface area contributed by atoms with Crippen molar-refractivity contribution in [2.75, 3.05) is 0 Å². The smallest absolute Gasteiger partial charge is 0.212 e. The van der Waals surface area contributed by atoms with E-state index in [1.807, 2.05) is 6.07 Å². The standard InChI is InChI=1S/C27H24NO/c1-17-14-15-28(4)23(16-17)21-12-13-24-26(19(21)3)25-18(2)10-11-22(27(25)29-24)20-8-6-5-7-9-20/h5-16H,1-4H3/q+1. The second-order valence-corrected chi connectivity index (χ2v) is 7.91. The molecule has 0 aliphatic rings. The van der Waals surface area contributed by atoms with Gasteiger partial charge in [-0.1, -0.05) is 42.5 Å². The second-order valence-electron chi connectivity index (χ2n) is 7.91. The zero-order valence-electron chi connectivity index (χ0n) is 17.3. The summed E-state index contributed by atoms with van der Waals surface area (Å²) in [5.74, 6) is 0. The van der Waals surface area contributed by atoms with E-state index in [4.69, 9.17) is 4.42 Å². The summed E-state index contributed by atoms with van der Waals surface area (Å²) in [6, 6.07) is 23.6. The Morgan fingerprint density at radius 2 is 1.52 bits per heavy atom. The molecule has 0 saturated heterocycles. The van der Waals surface area contributed by atoms with Crippen LogP contribution in [0.5, 0.6) is 0 Å². The third-order valence-corrected chi connectivity index (χ3v) is 5.92. The molecule has 5 aromatic rings. The van der Waals surface area contributed by atoms with E-state index < -0.39 is 0 Å². The average molecular weight is 378 g/mol. The number of rotatable bonds is 2. The number of hydrogen-bond acceptors (Lipinski definition) is 1. The predicted molar refractivity (Wildman–Crippen MR) is 120 cm³/mol. The first kappa shape index (κ1) is 17.7. The van der Waals surface area contributed by atoms with Crippen molar-refractivity contribution in [1.29, 1.82) is 0 Å². The highest BCUT2D eigenvalue weighted by molar-refractivity contribution is 6.13. The maximum Gasteiger partial charge on any atom is 0.212 e. The zero-order chi connectivity index (χ0) is 20.1. The Kier molecular flexibility index (Phi) is 4.02. The molecule has 142 valence electrons. The summed E-state index contributed by atoms with van der Waals surface area (Å²) in [7, 11) is 2.10. The fourth-order valence-corrected chi connectivity index (χ4v) is 4.36. The van der Waals surface area contributed by atoms with Crippen LogP contribution in [0.1, 0.15) is 16.7 Å². The van der Waals surface area contributed by atoms with Gasteiger partial charge in [-0.15, -0.1) is 0 Å². The molecular weight excluding hydrogens is 354 g/mol. The Morgan fingerprint density at radius 1 is 0.759 bits per heavy atom. The highest BCUT2D eigenvalue weighted by atomic mass is 16.3. The normalized spacial score (nSPS) is 11.4. The number of pyridine rings is 1. The Balaban J connectivity index is 1.86. The van der Waals surface area contributed by atoms with E-state index in [-0.39, 0.29) is 0 Å². The summed E-state index contributed by atoms with van der Waals surface area (Å²) >= 11 is 0. The first-order valence-corrected chi connectivity index (χ1v) is 10.0. The molecule has 0 radical (unpaired) electrons. The number of aromatic nitrogens is 1. The van der Waals surface area contributed by atoms with Gasteiger partial charge in [-0.05, 0) is 55.2 Å². The van der Waals surface area contributed by atoms with Gasteiger partial charge in [-0.2, -0.15) is 0 Å². The molecule has 0 atom stereocenters. The fraction of sp³-hybridized carbons (Fsp3) is 0.148. The molecule has 0 bridgehead atoms. The molecule has 0 unspecified atom stereocenters. The van der Waals surface area contributed by atoms with Crippen LogP contribution in [0.2, 0.25) is 0 Å². The van der Waals surface area contributed by atoms with Crippen LogP contribution in [-0.2, 0) is 7.05 Å². The third kappa shape index (κ3) is 2.75. The number of hydrogen-bond donors (Lipinski definition) is 0. The van der Waals surface area contributed by atoms with Crippen molar-refractivity contribution in [3.8, 4) is 22.4 Å². The molecule has 5 rings (SSSR count). The van der Waals surface area contributed by atoms with E-state index in [0.717, 1.165) is 16.7 Å². The number of nitrogens with zero attached hydrogens (tertiary/aromatic N) is 1.